The smallest absolute Gasteiger partial charge is 0.305 e. The van der Waals surface area contributed by atoms with E-state index in [-0.39, 0.29) is 32.9 Å². The van der Waals surface area contributed by atoms with E-state index in [0.29, 0.717) is 19.4 Å². The van der Waals surface area contributed by atoms with Crippen molar-refractivity contribution in [3.05, 3.63) is 0 Å². The highest BCUT2D eigenvalue weighted by Gasteiger charge is 2.20. The number of hydrogen-bond donors (Lipinski definition) is 0. The Kier molecular flexibility index (Phi) is 33.5. The van der Waals surface area contributed by atoms with Crippen molar-refractivity contribution >= 4 is 64.0 Å². The number of carbonyl (C=O) groups excluding carboxylic acids is 1. The lowest BCUT2D eigenvalue weighted by atomic mass is 10.0. The number of halogens is 5. The first-order chi connectivity index (χ1) is 20.8. The molecule has 258 valence electrons. The van der Waals surface area contributed by atoms with E-state index < -0.39 is 0 Å². The lowest BCUT2D eigenvalue weighted by Gasteiger charge is -2.18. The molecule has 0 amide bonds. The van der Waals surface area contributed by atoms with Crippen LogP contribution >= 0.6 is 58.0 Å². The van der Waals surface area contributed by atoms with Gasteiger partial charge >= 0.3 is 5.97 Å². The lowest BCUT2D eigenvalue weighted by Crippen LogP contribution is -2.18. The molecule has 0 aliphatic heterocycles. The fourth-order valence-corrected chi connectivity index (χ4v) is 6.92. The lowest BCUT2D eigenvalue weighted by molar-refractivity contribution is -0.143. The summed E-state index contributed by atoms with van der Waals surface area (Å²) in [7, 11) is 0. The molecule has 43 heavy (non-hydrogen) atoms. The number of carbonyl (C=O) groups is 1. The first-order valence-electron chi connectivity index (χ1n) is 18.2. The number of hydrogen-bond acceptors (Lipinski definition) is 2. The monoisotopic (exact) mass is 706 g/mol. The van der Waals surface area contributed by atoms with Crippen LogP contribution in [0.4, 0.5) is 0 Å². The number of alkyl halides is 5. The van der Waals surface area contributed by atoms with Crippen molar-refractivity contribution < 1.29 is 9.53 Å². The van der Waals surface area contributed by atoms with Crippen molar-refractivity contribution in [3.8, 4) is 0 Å². The molecule has 0 saturated carbocycles. The second kappa shape index (κ2) is 32.8. The van der Waals surface area contributed by atoms with Gasteiger partial charge in [-0.25, -0.2) is 0 Å². The average Bonchev–Trinajstić information content (AvgIpc) is 2.99. The zero-order valence-corrected chi connectivity index (χ0v) is 31.7. The summed E-state index contributed by atoms with van der Waals surface area (Å²) in [5, 5.41) is -0.103. The third-order valence-corrected chi connectivity index (χ3v) is 11.0. The highest BCUT2D eigenvalue weighted by molar-refractivity contribution is 6.30. The van der Waals surface area contributed by atoms with Crippen molar-refractivity contribution in [3.63, 3.8) is 0 Å². The number of rotatable bonds is 33. The van der Waals surface area contributed by atoms with Crippen molar-refractivity contribution in [2.45, 2.75) is 214 Å². The normalized spacial score (nSPS) is 15.2. The SMILES string of the molecule is CCCCCCCCCCCCCCCCCCCCOC(=O)CCC(Cl)CCC(Cl)C(Cl)CCCC(Cl)CC(Cl)CC. The third-order valence-electron chi connectivity index (χ3n) is 8.52. The number of unbranched alkanes of at least 4 members (excludes halogenated alkanes) is 17. The Bertz CT molecular complexity index is 594. The standard InChI is InChI=1S/C36H67Cl5O2/c1-3-5-6-7-8-9-10-11-12-13-14-15-16-17-18-19-20-21-29-43-36(42)28-26-32(38)25-27-35(41)34(40)24-22-23-33(39)30-31(37)4-2/h31-35H,3-30H2,1-2H3. The van der Waals surface area contributed by atoms with Gasteiger partial charge in [-0.1, -0.05) is 129 Å². The van der Waals surface area contributed by atoms with Crippen LogP contribution in [0.5, 0.6) is 0 Å². The van der Waals surface area contributed by atoms with Crippen LogP contribution in [0.15, 0.2) is 0 Å². The topological polar surface area (TPSA) is 26.3 Å². The largest absolute Gasteiger partial charge is 0.466 e. The quantitative estimate of drug-likeness (QED) is 0.0385. The molecule has 5 unspecified atom stereocenters. The van der Waals surface area contributed by atoms with E-state index >= 15 is 0 Å². The van der Waals surface area contributed by atoms with Gasteiger partial charge in [0, 0.05) is 33.3 Å². The molecule has 0 N–H and O–H groups in total. The third kappa shape index (κ3) is 31.3. The van der Waals surface area contributed by atoms with Crippen molar-refractivity contribution in [1.29, 1.82) is 0 Å². The maximum Gasteiger partial charge on any atom is 0.305 e. The van der Waals surface area contributed by atoms with E-state index in [4.69, 9.17) is 62.7 Å². The molecule has 0 heterocycles. The molecule has 0 spiro atoms. The summed E-state index contributed by atoms with van der Waals surface area (Å²) in [6.07, 6.45) is 31.2. The van der Waals surface area contributed by atoms with Crippen LogP contribution < -0.4 is 0 Å². The van der Waals surface area contributed by atoms with Crippen LogP contribution in [-0.2, 0) is 9.53 Å². The zero-order valence-electron chi connectivity index (χ0n) is 27.9. The Labute approximate surface area is 292 Å². The predicted octanol–water partition coefficient (Wildman–Crippen LogP) is 14.1. The second-order valence-electron chi connectivity index (χ2n) is 12.7. The van der Waals surface area contributed by atoms with Crippen LogP contribution in [0.3, 0.4) is 0 Å². The fraction of sp³-hybridized carbons (Fsp3) is 0.972. The van der Waals surface area contributed by atoms with E-state index in [9.17, 15) is 4.79 Å². The molecule has 0 rings (SSSR count). The van der Waals surface area contributed by atoms with Crippen LogP contribution in [-0.4, -0.2) is 39.5 Å². The summed E-state index contributed by atoms with van der Waals surface area (Å²) < 4.78 is 5.42. The molecule has 0 saturated heterocycles. The van der Waals surface area contributed by atoms with Crippen LogP contribution in [0.2, 0.25) is 0 Å². The van der Waals surface area contributed by atoms with E-state index in [0.717, 1.165) is 57.8 Å². The molecule has 2 nitrogen and oxygen atoms in total. The van der Waals surface area contributed by atoms with Crippen LogP contribution in [0.1, 0.15) is 187 Å². The number of ether oxygens (including phenoxy) is 1. The summed E-state index contributed by atoms with van der Waals surface area (Å²) in [6.45, 7) is 4.88. The zero-order chi connectivity index (χ0) is 32.0. The fourth-order valence-electron chi connectivity index (χ4n) is 5.48. The summed E-state index contributed by atoms with van der Waals surface area (Å²) >= 11 is 32.0. The average molecular weight is 709 g/mol. The molecule has 0 aromatic heterocycles. The first kappa shape index (κ1) is 43.9. The van der Waals surface area contributed by atoms with Gasteiger partial charge in [-0.2, -0.15) is 0 Å². The Hall–Kier alpha value is 0.920. The van der Waals surface area contributed by atoms with Crippen molar-refractivity contribution in [1.82, 2.24) is 0 Å². The molecule has 5 atom stereocenters. The summed E-state index contributed by atoms with van der Waals surface area (Å²) in [5.74, 6) is -0.145. The number of esters is 1. The van der Waals surface area contributed by atoms with Gasteiger partial charge in [0.25, 0.3) is 0 Å². The molecule has 0 aliphatic carbocycles. The molecule has 7 heteroatoms. The van der Waals surface area contributed by atoms with Gasteiger partial charge < -0.3 is 4.74 Å². The van der Waals surface area contributed by atoms with Crippen LogP contribution in [0.25, 0.3) is 0 Å². The van der Waals surface area contributed by atoms with Crippen molar-refractivity contribution in [2.24, 2.45) is 0 Å². The minimum Gasteiger partial charge on any atom is -0.466 e. The Morgan fingerprint density at radius 1 is 0.488 bits per heavy atom. The summed E-state index contributed by atoms with van der Waals surface area (Å²) in [6, 6.07) is 0. The van der Waals surface area contributed by atoms with Gasteiger partial charge in [0.15, 0.2) is 0 Å². The summed E-state index contributed by atoms with van der Waals surface area (Å²) in [5.41, 5.74) is 0. The van der Waals surface area contributed by atoms with Gasteiger partial charge in [0.1, 0.15) is 0 Å². The van der Waals surface area contributed by atoms with E-state index in [1.54, 1.807) is 0 Å². The molecular weight excluding hydrogens is 642 g/mol. The highest BCUT2D eigenvalue weighted by Crippen LogP contribution is 2.26. The molecule has 0 aromatic rings. The first-order valence-corrected chi connectivity index (χ1v) is 20.3. The van der Waals surface area contributed by atoms with E-state index in [2.05, 4.69) is 13.8 Å². The van der Waals surface area contributed by atoms with Crippen LogP contribution in [0, 0.1) is 0 Å². The molecular formula is C36H67Cl5O2. The highest BCUT2D eigenvalue weighted by atomic mass is 35.5. The van der Waals surface area contributed by atoms with Gasteiger partial charge in [0.2, 0.25) is 0 Å². The molecule has 0 fully saturated rings. The van der Waals surface area contributed by atoms with Gasteiger partial charge in [0.05, 0.1) is 6.61 Å². The molecule has 0 aliphatic rings. The second-order valence-corrected chi connectivity index (χ2v) is 15.7. The molecule has 0 radical (unpaired) electrons. The maximum atomic E-state index is 12.1. The van der Waals surface area contributed by atoms with Gasteiger partial charge in [-0.05, 0) is 51.4 Å². The van der Waals surface area contributed by atoms with E-state index in [1.807, 2.05) is 0 Å². The minimum atomic E-state index is -0.145. The van der Waals surface area contributed by atoms with Crippen molar-refractivity contribution in [2.75, 3.05) is 6.61 Å². The van der Waals surface area contributed by atoms with E-state index in [1.165, 1.54) is 103 Å². The Morgan fingerprint density at radius 2 is 0.953 bits per heavy atom. The molecule has 0 bridgehead atoms. The summed E-state index contributed by atoms with van der Waals surface area (Å²) in [4.78, 5) is 12.1. The predicted molar refractivity (Wildman–Crippen MR) is 195 cm³/mol. The van der Waals surface area contributed by atoms with Gasteiger partial charge in [-0.3, -0.25) is 4.79 Å². The molecule has 0 aromatic carbocycles. The Balaban J connectivity index is 3.51. The van der Waals surface area contributed by atoms with Gasteiger partial charge in [-0.15, -0.1) is 58.0 Å². The maximum absolute atomic E-state index is 12.1. The Morgan fingerprint density at radius 3 is 1.44 bits per heavy atom. The minimum absolute atomic E-state index is 0.0888.